The van der Waals surface area contributed by atoms with Crippen molar-refractivity contribution < 1.29 is 0 Å². The van der Waals surface area contributed by atoms with E-state index in [0.717, 1.165) is 5.69 Å². The zero-order valence-corrected chi connectivity index (χ0v) is 13.6. The molecule has 22 heavy (non-hydrogen) atoms. The molecule has 0 aliphatic rings. The zero-order valence-electron chi connectivity index (χ0n) is 13.6. The van der Waals surface area contributed by atoms with Crippen molar-refractivity contribution in [3.8, 4) is 5.69 Å². The number of hydrogen-bond acceptors (Lipinski definition) is 0. The molecule has 1 heteroatoms. The summed E-state index contributed by atoms with van der Waals surface area (Å²) in [6, 6.07) is 8.60. The van der Waals surface area contributed by atoms with Gasteiger partial charge in [-0.15, -0.1) is 0 Å². The monoisotopic (exact) mass is 289 g/mol. The second-order valence-electron chi connectivity index (χ2n) is 5.38. The van der Waals surface area contributed by atoms with E-state index in [9.17, 15) is 0 Å². The molecule has 0 fully saturated rings. The van der Waals surface area contributed by atoms with Gasteiger partial charge in [-0.25, -0.2) is 0 Å². The van der Waals surface area contributed by atoms with Gasteiger partial charge in [0.15, 0.2) is 0 Å². The van der Waals surface area contributed by atoms with Gasteiger partial charge in [0.2, 0.25) is 0 Å². The molecule has 112 valence electrons. The normalized spacial score (nSPS) is 11.4. The Morgan fingerprint density at radius 3 is 1.64 bits per heavy atom. The van der Waals surface area contributed by atoms with Crippen molar-refractivity contribution in [1.82, 2.24) is 4.57 Å². The molecule has 0 spiro atoms. The lowest BCUT2D eigenvalue weighted by Gasteiger charge is -2.11. The minimum Gasteiger partial charge on any atom is -0.310 e. The number of rotatable bonds is 5. The Hall–Kier alpha value is -2.54. The highest BCUT2D eigenvalue weighted by molar-refractivity contribution is 5.67. The summed E-state index contributed by atoms with van der Waals surface area (Å²) in [7, 11) is 0. The van der Waals surface area contributed by atoms with Gasteiger partial charge in [0, 0.05) is 17.1 Å². The summed E-state index contributed by atoms with van der Waals surface area (Å²) in [5.41, 5.74) is 7.35. The van der Waals surface area contributed by atoms with Gasteiger partial charge in [-0.05, 0) is 56.2 Å². The predicted octanol–water partition coefficient (Wildman–Crippen LogP) is 5.80. The third kappa shape index (κ3) is 3.04. The number of aromatic nitrogens is 1. The molecule has 2 rings (SSSR count). The molecule has 0 radical (unpaired) electrons. The molecule has 0 bridgehead atoms. The van der Waals surface area contributed by atoms with Gasteiger partial charge < -0.3 is 4.57 Å². The molecule has 0 saturated carbocycles. The topological polar surface area (TPSA) is 4.93 Å². The first-order chi connectivity index (χ1) is 10.6. The zero-order chi connectivity index (χ0) is 16.1. The Morgan fingerprint density at radius 2 is 1.23 bits per heavy atom. The van der Waals surface area contributed by atoms with Crippen LogP contribution in [0.5, 0.6) is 0 Å². The summed E-state index contributed by atoms with van der Waals surface area (Å²) in [4.78, 5) is 0. The van der Waals surface area contributed by atoms with Crippen LogP contribution >= 0.6 is 0 Å². The van der Waals surface area contributed by atoms with E-state index in [-0.39, 0.29) is 0 Å². The smallest absolute Gasteiger partial charge is 0.0494 e. The fourth-order valence-corrected chi connectivity index (χ4v) is 2.54. The quantitative estimate of drug-likeness (QED) is 0.613. The van der Waals surface area contributed by atoms with Gasteiger partial charge in [-0.2, -0.15) is 0 Å². The molecule has 1 aromatic heterocycles. The van der Waals surface area contributed by atoms with Crippen molar-refractivity contribution in [3.63, 3.8) is 0 Å². The van der Waals surface area contributed by atoms with Crippen molar-refractivity contribution >= 4 is 12.2 Å². The van der Waals surface area contributed by atoms with Crippen molar-refractivity contribution in [2.24, 2.45) is 0 Å². The van der Waals surface area contributed by atoms with Gasteiger partial charge in [-0.1, -0.05) is 55.2 Å². The highest BCUT2D eigenvalue weighted by Crippen LogP contribution is 2.28. The van der Waals surface area contributed by atoms with E-state index in [1.807, 2.05) is 12.2 Å². The second-order valence-corrected chi connectivity index (χ2v) is 5.38. The van der Waals surface area contributed by atoms with E-state index in [4.69, 9.17) is 0 Å². The Bertz CT molecular complexity index is 696. The van der Waals surface area contributed by atoms with Gasteiger partial charge in [-0.3, -0.25) is 0 Å². The van der Waals surface area contributed by atoms with E-state index < -0.39 is 0 Å². The van der Waals surface area contributed by atoms with Crippen LogP contribution in [0.3, 0.4) is 0 Å². The molecule has 1 aromatic carbocycles. The third-order valence-electron chi connectivity index (χ3n) is 3.89. The summed E-state index contributed by atoms with van der Waals surface area (Å²) < 4.78 is 2.28. The van der Waals surface area contributed by atoms with Crippen LogP contribution in [0.1, 0.15) is 28.1 Å². The van der Waals surface area contributed by atoms with Crippen LogP contribution < -0.4 is 0 Å². The van der Waals surface area contributed by atoms with E-state index in [1.54, 1.807) is 12.2 Å². The van der Waals surface area contributed by atoms with Crippen LogP contribution in [-0.2, 0) is 0 Å². The highest BCUT2D eigenvalue weighted by Gasteiger charge is 2.15. The first kappa shape index (κ1) is 15.8. The molecular weight excluding hydrogens is 266 g/mol. The van der Waals surface area contributed by atoms with Crippen LogP contribution in [0.25, 0.3) is 17.8 Å². The average molecular weight is 289 g/mol. The van der Waals surface area contributed by atoms with Gasteiger partial charge in [0.05, 0.1) is 0 Å². The molecule has 0 atom stereocenters. The van der Waals surface area contributed by atoms with Crippen molar-refractivity contribution in [2.75, 3.05) is 0 Å². The summed E-state index contributed by atoms with van der Waals surface area (Å²) in [5.74, 6) is 0. The molecular formula is C21H23N. The Balaban J connectivity index is 2.75. The summed E-state index contributed by atoms with van der Waals surface area (Å²) in [5, 5.41) is 0. The Labute approximate surface area is 133 Å². The number of benzene rings is 1. The molecule has 1 heterocycles. The summed E-state index contributed by atoms with van der Waals surface area (Å²) >= 11 is 0. The fraction of sp³-hybridized carbons (Fsp3) is 0.143. The lowest BCUT2D eigenvalue weighted by Crippen LogP contribution is -1.99. The van der Waals surface area contributed by atoms with Crippen LogP contribution in [0.15, 0.2) is 61.7 Å². The molecule has 0 aliphatic carbocycles. The van der Waals surface area contributed by atoms with E-state index >= 15 is 0 Å². The number of hydrogen-bond donors (Lipinski definition) is 0. The van der Waals surface area contributed by atoms with Gasteiger partial charge in [0.1, 0.15) is 0 Å². The molecule has 0 unspecified atom stereocenters. The van der Waals surface area contributed by atoms with Crippen molar-refractivity contribution in [3.05, 3.63) is 89.8 Å². The lowest BCUT2D eigenvalue weighted by molar-refractivity contribution is 1.03. The molecule has 2 aromatic rings. The first-order valence-corrected chi connectivity index (χ1v) is 7.47. The first-order valence-electron chi connectivity index (χ1n) is 7.47. The maximum absolute atomic E-state index is 3.77. The van der Waals surface area contributed by atoms with E-state index in [2.05, 4.69) is 74.9 Å². The SMILES string of the molecule is C=C/C=C\c1c(C)c(C)c(/C=C\C=C)n1-c1ccc(C)cc1. The van der Waals surface area contributed by atoms with Gasteiger partial charge >= 0.3 is 0 Å². The molecule has 0 aliphatic heterocycles. The molecule has 1 nitrogen and oxygen atoms in total. The third-order valence-corrected chi connectivity index (χ3v) is 3.89. The van der Waals surface area contributed by atoms with E-state index in [0.29, 0.717) is 0 Å². The number of aryl methyl sites for hydroxylation is 1. The summed E-state index contributed by atoms with van der Waals surface area (Å²) in [6.07, 6.45) is 11.8. The van der Waals surface area contributed by atoms with Crippen molar-refractivity contribution in [1.29, 1.82) is 0 Å². The second kappa shape index (κ2) is 6.95. The van der Waals surface area contributed by atoms with Crippen molar-refractivity contribution in [2.45, 2.75) is 20.8 Å². The lowest BCUT2D eigenvalue weighted by atomic mass is 10.1. The average Bonchev–Trinajstić information content (AvgIpc) is 2.76. The molecule has 0 N–H and O–H groups in total. The Kier molecular flexibility index (Phi) is 5.00. The largest absolute Gasteiger partial charge is 0.310 e. The van der Waals surface area contributed by atoms with E-state index in [1.165, 1.54) is 28.1 Å². The standard InChI is InChI=1S/C21H23N/c1-6-8-10-20-17(4)18(5)21(11-9-7-2)22(20)19-14-12-16(3)13-15-19/h6-15H,1-2H2,3-5H3/b10-8-,11-9-. The van der Waals surface area contributed by atoms with Gasteiger partial charge in [0.25, 0.3) is 0 Å². The minimum atomic E-state index is 1.16. The Morgan fingerprint density at radius 1 is 0.773 bits per heavy atom. The van der Waals surface area contributed by atoms with Crippen LogP contribution in [0, 0.1) is 20.8 Å². The number of nitrogens with zero attached hydrogens (tertiary/aromatic N) is 1. The van der Waals surface area contributed by atoms with Crippen LogP contribution in [-0.4, -0.2) is 4.57 Å². The molecule has 0 amide bonds. The predicted molar refractivity (Wildman–Crippen MR) is 98.4 cm³/mol. The highest BCUT2D eigenvalue weighted by atomic mass is 15.0. The maximum Gasteiger partial charge on any atom is 0.0494 e. The summed E-state index contributed by atoms with van der Waals surface area (Å²) in [6.45, 7) is 14.0. The van der Waals surface area contributed by atoms with Crippen LogP contribution in [0.2, 0.25) is 0 Å². The molecule has 0 saturated heterocycles. The van der Waals surface area contributed by atoms with Crippen LogP contribution in [0.4, 0.5) is 0 Å². The number of allylic oxidation sites excluding steroid dienone is 4. The minimum absolute atomic E-state index is 1.16. The maximum atomic E-state index is 3.77. The fourth-order valence-electron chi connectivity index (χ4n) is 2.54.